The summed E-state index contributed by atoms with van der Waals surface area (Å²) in [4.78, 5) is 15.5. The zero-order valence-corrected chi connectivity index (χ0v) is 9.79. The molecule has 1 atom stereocenters. The Balaban J connectivity index is 2.44. The minimum absolute atomic E-state index is 0.101. The second-order valence-corrected chi connectivity index (χ2v) is 4.29. The molecule has 0 aromatic carbocycles. The normalized spacial score (nSPS) is 12.5. The van der Waals surface area contributed by atoms with Crippen LogP contribution in [0, 0.1) is 0 Å². The molecule has 0 radical (unpaired) electrons. The third-order valence-electron chi connectivity index (χ3n) is 2.09. The monoisotopic (exact) mass is 229 g/mol. The molecule has 0 fully saturated rings. The lowest BCUT2D eigenvalue weighted by Gasteiger charge is -2.06. The van der Waals surface area contributed by atoms with Crippen molar-refractivity contribution in [1.29, 1.82) is 0 Å². The first-order chi connectivity index (χ1) is 7.11. The van der Waals surface area contributed by atoms with Crippen LogP contribution >= 0.6 is 11.6 Å². The summed E-state index contributed by atoms with van der Waals surface area (Å²) in [7, 11) is 1.70. The zero-order valence-electron chi connectivity index (χ0n) is 9.03. The van der Waals surface area contributed by atoms with Crippen molar-refractivity contribution in [3.8, 4) is 0 Å². The quantitative estimate of drug-likeness (QED) is 0.616. The van der Waals surface area contributed by atoms with E-state index in [-0.39, 0.29) is 10.9 Å². The molecule has 0 bridgehead atoms. The fourth-order valence-electron chi connectivity index (χ4n) is 1.21. The van der Waals surface area contributed by atoms with E-state index in [0.29, 0.717) is 5.82 Å². The first kappa shape index (κ1) is 12.0. The molecule has 1 aromatic rings. The van der Waals surface area contributed by atoms with E-state index in [9.17, 15) is 4.79 Å². The lowest BCUT2D eigenvalue weighted by molar-refractivity contribution is 0.745. The van der Waals surface area contributed by atoms with Crippen molar-refractivity contribution in [2.45, 2.75) is 25.1 Å². The van der Waals surface area contributed by atoms with Crippen molar-refractivity contribution in [3.63, 3.8) is 0 Å². The average Bonchev–Trinajstić information content (AvgIpc) is 2.18. The molecule has 84 valence electrons. The van der Waals surface area contributed by atoms with Crippen LogP contribution in [0.25, 0.3) is 0 Å². The van der Waals surface area contributed by atoms with Crippen molar-refractivity contribution in [2.24, 2.45) is 7.05 Å². The number of anilines is 1. The van der Waals surface area contributed by atoms with Crippen LogP contribution in [0.2, 0.25) is 0 Å². The van der Waals surface area contributed by atoms with Gasteiger partial charge < -0.3 is 9.88 Å². The number of alkyl halides is 1. The maximum absolute atomic E-state index is 11.5. The molecular weight excluding hydrogens is 214 g/mol. The fraction of sp³-hybridized carbons (Fsp3) is 0.600. The van der Waals surface area contributed by atoms with Crippen LogP contribution < -0.4 is 10.9 Å². The molecule has 5 heteroatoms. The molecular formula is C10H16ClN3O. The molecule has 1 unspecified atom stereocenters. The van der Waals surface area contributed by atoms with Gasteiger partial charge in [-0.3, -0.25) is 4.79 Å². The zero-order chi connectivity index (χ0) is 11.3. The third-order valence-corrected chi connectivity index (χ3v) is 2.31. The molecule has 0 aliphatic heterocycles. The SMILES string of the molecule is CC(Cl)CCCNc1nccn(C)c1=O. The summed E-state index contributed by atoms with van der Waals surface area (Å²) in [6.45, 7) is 2.69. The van der Waals surface area contributed by atoms with Crippen LogP contribution in [0.15, 0.2) is 17.2 Å². The molecule has 0 aliphatic rings. The third kappa shape index (κ3) is 3.91. The summed E-state index contributed by atoms with van der Waals surface area (Å²) in [5.74, 6) is 0.405. The van der Waals surface area contributed by atoms with E-state index in [4.69, 9.17) is 11.6 Å². The average molecular weight is 230 g/mol. The molecule has 0 spiro atoms. The summed E-state index contributed by atoms with van der Waals surface area (Å²) >= 11 is 5.81. The van der Waals surface area contributed by atoms with Crippen molar-refractivity contribution >= 4 is 17.4 Å². The van der Waals surface area contributed by atoms with Crippen molar-refractivity contribution in [3.05, 3.63) is 22.7 Å². The molecule has 1 aromatic heterocycles. The van der Waals surface area contributed by atoms with Crippen molar-refractivity contribution in [2.75, 3.05) is 11.9 Å². The predicted octanol–water partition coefficient (Wildman–Crippen LogP) is 1.60. The Labute approximate surface area is 94.3 Å². The summed E-state index contributed by atoms with van der Waals surface area (Å²) < 4.78 is 1.50. The van der Waals surface area contributed by atoms with Gasteiger partial charge in [0.2, 0.25) is 0 Å². The highest BCUT2D eigenvalue weighted by Gasteiger charge is 2.01. The predicted molar refractivity (Wildman–Crippen MR) is 62.5 cm³/mol. The number of aryl methyl sites for hydroxylation is 1. The standard InChI is InChI=1S/C10H16ClN3O/c1-8(11)4-3-5-12-9-10(15)14(2)7-6-13-9/h6-8H,3-5H2,1-2H3,(H,12,13). The summed E-state index contributed by atoms with van der Waals surface area (Å²) in [5.41, 5.74) is -0.101. The lowest BCUT2D eigenvalue weighted by Crippen LogP contribution is -2.22. The molecule has 4 nitrogen and oxygen atoms in total. The largest absolute Gasteiger partial charge is 0.365 e. The number of nitrogens with zero attached hydrogens (tertiary/aromatic N) is 2. The Morgan fingerprint density at radius 1 is 1.67 bits per heavy atom. The van der Waals surface area contributed by atoms with Crippen LogP contribution in [-0.2, 0) is 7.05 Å². The Morgan fingerprint density at radius 2 is 2.40 bits per heavy atom. The van der Waals surface area contributed by atoms with Crippen LogP contribution in [-0.4, -0.2) is 21.5 Å². The van der Waals surface area contributed by atoms with Gasteiger partial charge in [-0.2, -0.15) is 0 Å². The van der Waals surface area contributed by atoms with E-state index in [0.717, 1.165) is 19.4 Å². The van der Waals surface area contributed by atoms with Crippen LogP contribution in [0.4, 0.5) is 5.82 Å². The smallest absolute Gasteiger partial charge is 0.293 e. The van der Waals surface area contributed by atoms with Crippen molar-refractivity contribution < 1.29 is 0 Å². The van der Waals surface area contributed by atoms with Crippen LogP contribution in [0.5, 0.6) is 0 Å². The molecule has 0 saturated carbocycles. The summed E-state index contributed by atoms with van der Waals surface area (Å²) in [6, 6.07) is 0. The van der Waals surface area contributed by atoms with Gasteiger partial charge in [-0.15, -0.1) is 11.6 Å². The number of halogens is 1. The van der Waals surface area contributed by atoms with Crippen molar-refractivity contribution in [1.82, 2.24) is 9.55 Å². The number of hydrogen-bond acceptors (Lipinski definition) is 3. The first-order valence-corrected chi connectivity index (χ1v) is 5.44. The highest BCUT2D eigenvalue weighted by molar-refractivity contribution is 6.20. The summed E-state index contributed by atoms with van der Waals surface area (Å²) in [5, 5.41) is 3.19. The van der Waals surface area contributed by atoms with Gasteiger partial charge >= 0.3 is 0 Å². The molecule has 0 saturated heterocycles. The van der Waals surface area contributed by atoms with Gasteiger partial charge in [-0.25, -0.2) is 4.98 Å². The molecule has 1 N–H and O–H groups in total. The van der Waals surface area contributed by atoms with Gasteiger partial charge in [0.05, 0.1) is 0 Å². The highest BCUT2D eigenvalue weighted by Crippen LogP contribution is 2.03. The van der Waals surface area contributed by atoms with E-state index in [1.807, 2.05) is 6.92 Å². The van der Waals surface area contributed by atoms with E-state index in [1.165, 1.54) is 4.57 Å². The van der Waals surface area contributed by atoms with Gasteiger partial charge in [0.15, 0.2) is 5.82 Å². The molecule has 1 rings (SSSR count). The lowest BCUT2D eigenvalue weighted by atomic mass is 10.2. The Bertz CT molecular complexity index is 362. The van der Waals surface area contributed by atoms with E-state index in [2.05, 4.69) is 10.3 Å². The second-order valence-electron chi connectivity index (χ2n) is 3.54. The molecule has 15 heavy (non-hydrogen) atoms. The van der Waals surface area contributed by atoms with Gasteiger partial charge in [-0.1, -0.05) is 0 Å². The maximum Gasteiger partial charge on any atom is 0.293 e. The van der Waals surface area contributed by atoms with Gasteiger partial charge in [0.1, 0.15) is 0 Å². The number of rotatable bonds is 5. The molecule has 0 aliphatic carbocycles. The Morgan fingerprint density at radius 3 is 3.07 bits per heavy atom. The fourth-order valence-corrected chi connectivity index (χ4v) is 1.36. The van der Waals surface area contributed by atoms with Gasteiger partial charge in [-0.05, 0) is 19.8 Å². The van der Waals surface area contributed by atoms with E-state index < -0.39 is 0 Å². The summed E-state index contributed by atoms with van der Waals surface area (Å²) in [6.07, 6.45) is 5.11. The molecule has 1 heterocycles. The second kappa shape index (κ2) is 5.75. The number of hydrogen-bond donors (Lipinski definition) is 1. The number of aromatic nitrogens is 2. The van der Waals surface area contributed by atoms with Gasteiger partial charge in [0, 0.05) is 31.4 Å². The Kier molecular flexibility index (Phi) is 4.62. The topological polar surface area (TPSA) is 46.9 Å². The van der Waals surface area contributed by atoms with Gasteiger partial charge in [0.25, 0.3) is 5.56 Å². The number of nitrogens with one attached hydrogen (secondary N) is 1. The minimum atomic E-state index is -0.101. The maximum atomic E-state index is 11.5. The van der Waals surface area contributed by atoms with Crippen LogP contribution in [0.1, 0.15) is 19.8 Å². The Hall–Kier alpha value is -1.03. The van der Waals surface area contributed by atoms with E-state index >= 15 is 0 Å². The molecule has 0 amide bonds. The van der Waals surface area contributed by atoms with E-state index in [1.54, 1.807) is 19.4 Å². The van der Waals surface area contributed by atoms with Crippen LogP contribution in [0.3, 0.4) is 0 Å². The first-order valence-electron chi connectivity index (χ1n) is 5.01. The highest BCUT2D eigenvalue weighted by atomic mass is 35.5. The minimum Gasteiger partial charge on any atom is -0.365 e.